The molecule has 2 heterocycles. The molecule has 2 N–H and O–H groups in total. The van der Waals surface area contributed by atoms with Crippen LogP contribution in [0.4, 0.5) is 0 Å². The van der Waals surface area contributed by atoms with Crippen LogP contribution in [0.15, 0.2) is 6.07 Å². The fraction of sp³-hybridized carbons (Fsp3) is 0.538. The Bertz CT molecular complexity index is 473. The molecule has 4 nitrogen and oxygen atoms in total. The Balaban J connectivity index is 2.11. The summed E-state index contributed by atoms with van der Waals surface area (Å²) in [7, 11) is 0. The second-order valence-electron chi connectivity index (χ2n) is 4.90. The number of carbonyl (C=O) groups is 2. The van der Waals surface area contributed by atoms with E-state index in [0.717, 1.165) is 17.9 Å². The number of carboxylic acid groups (broad SMARTS) is 1. The molecule has 2 rings (SSSR count). The Hall–Kier alpha value is -1.01. The molecule has 0 saturated heterocycles. The molecule has 0 unspecified atom stereocenters. The number of aryl methyl sites for hydroxylation is 1. The predicted octanol–water partition coefficient (Wildman–Crippen LogP) is 2.38. The maximum atomic E-state index is 12.1. The first kappa shape index (κ1) is 14.4. The van der Waals surface area contributed by atoms with Crippen LogP contribution < -0.4 is 5.32 Å². The Morgan fingerprint density at radius 1 is 1.42 bits per heavy atom. The third-order valence-electron chi connectivity index (χ3n) is 3.07. The van der Waals surface area contributed by atoms with Gasteiger partial charge < -0.3 is 10.4 Å². The van der Waals surface area contributed by atoms with Crippen molar-refractivity contribution in [2.45, 2.75) is 32.1 Å². The van der Waals surface area contributed by atoms with Crippen LogP contribution in [0.3, 0.4) is 0 Å². The number of fused-ring (bicyclic) bond motifs is 1. The maximum Gasteiger partial charge on any atom is 0.326 e. The normalized spacial score (nSPS) is 15.9. The number of carbonyl (C=O) groups excluding carboxylic acids is 1. The number of amides is 1. The van der Waals surface area contributed by atoms with Gasteiger partial charge in [-0.15, -0.1) is 11.3 Å². The number of hydrogen-bond donors (Lipinski definition) is 2. The molecule has 1 aliphatic rings. The van der Waals surface area contributed by atoms with Crippen LogP contribution in [0.5, 0.6) is 0 Å². The van der Waals surface area contributed by atoms with E-state index in [1.165, 1.54) is 21.8 Å². The van der Waals surface area contributed by atoms with Gasteiger partial charge in [-0.3, -0.25) is 4.79 Å². The molecule has 1 aromatic heterocycles. The number of hydrogen-bond acceptors (Lipinski definition) is 4. The lowest BCUT2D eigenvalue weighted by molar-refractivity contribution is -0.140. The van der Waals surface area contributed by atoms with Crippen molar-refractivity contribution in [1.82, 2.24) is 5.32 Å². The van der Waals surface area contributed by atoms with Gasteiger partial charge in [0, 0.05) is 10.6 Å². The first-order valence-corrected chi connectivity index (χ1v) is 8.19. The average molecular weight is 299 g/mol. The van der Waals surface area contributed by atoms with Gasteiger partial charge in [0.25, 0.3) is 5.91 Å². The van der Waals surface area contributed by atoms with Gasteiger partial charge in [-0.25, -0.2) is 4.79 Å². The minimum atomic E-state index is -0.986. The van der Waals surface area contributed by atoms with Crippen molar-refractivity contribution >= 4 is 35.0 Å². The number of thiophene rings is 1. The minimum absolute atomic E-state index is 0.133. The molecule has 1 aliphatic heterocycles. The van der Waals surface area contributed by atoms with Crippen molar-refractivity contribution in [3.63, 3.8) is 0 Å². The van der Waals surface area contributed by atoms with E-state index in [1.54, 1.807) is 13.8 Å². The van der Waals surface area contributed by atoms with Crippen LogP contribution >= 0.6 is 23.1 Å². The lowest BCUT2D eigenvalue weighted by Gasteiger charge is -2.17. The van der Waals surface area contributed by atoms with Crippen LogP contribution in [0, 0.1) is 5.92 Å². The van der Waals surface area contributed by atoms with Crippen molar-refractivity contribution in [3.8, 4) is 0 Å². The third kappa shape index (κ3) is 3.30. The van der Waals surface area contributed by atoms with E-state index in [-0.39, 0.29) is 11.8 Å². The van der Waals surface area contributed by atoms with E-state index in [2.05, 4.69) is 5.32 Å². The van der Waals surface area contributed by atoms with Gasteiger partial charge in [0.15, 0.2) is 0 Å². The molecule has 0 saturated carbocycles. The van der Waals surface area contributed by atoms with Gasteiger partial charge in [0.1, 0.15) is 6.04 Å². The van der Waals surface area contributed by atoms with Crippen molar-refractivity contribution in [1.29, 1.82) is 0 Å². The lowest BCUT2D eigenvalue weighted by atomic mass is 10.0. The second kappa shape index (κ2) is 5.96. The summed E-state index contributed by atoms with van der Waals surface area (Å²) in [5.41, 5.74) is 1.22. The number of thioether (sulfide) groups is 1. The molecule has 0 bridgehead atoms. The van der Waals surface area contributed by atoms with Crippen LogP contribution in [0.25, 0.3) is 0 Å². The van der Waals surface area contributed by atoms with Gasteiger partial charge in [0.2, 0.25) is 0 Å². The van der Waals surface area contributed by atoms with E-state index in [0.29, 0.717) is 4.88 Å². The topological polar surface area (TPSA) is 66.4 Å². The highest BCUT2D eigenvalue weighted by molar-refractivity contribution is 7.98. The summed E-state index contributed by atoms with van der Waals surface area (Å²) < 4.78 is 0. The Morgan fingerprint density at radius 3 is 2.74 bits per heavy atom. The average Bonchev–Trinajstić information content (AvgIpc) is 2.78. The molecule has 1 atom stereocenters. The van der Waals surface area contributed by atoms with E-state index in [4.69, 9.17) is 5.11 Å². The number of rotatable bonds is 4. The van der Waals surface area contributed by atoms with E-state index in [1.807, 2.05) is 17.8 Å². The molecular weight excluding hydrogens is 282 g/mol. The summed E-state index contributed by atoms with van der Waals surface area (Å²) >= 11 is 3.36. The Morgan fingerprint density at radius 2 is 2.16 bits per heavy atom. The highest BCUT2D eigenvalue weighted by Gasteiger charge is 2.25. The van der Waals surface area contributed by atoms with Gasteiger partial charge in [-0.05, 0) is 29.7 Å². The zero-order chi connectivity index (χ0) is 14.0. The smallest absolute Gasteiger partial charge is 0.326 e. The van der Waals surface area contributed by atoms with E-state index >= 15 is 0 Å². The minimum Gasteiger partial charge on any atom is -0.480 e. The van der Waals surface area contributed by atoms with Crippen molar-refractivity contribution in [2.75, 3.05) is 5.75 Å². The summed E-state index contributed by atoms with van der Waals surface area (Å²) in [5, 5.41) is 11.7. The van der Waals surface area contributed by atoms with E-state index < -0.39 is 12.0 Å². The SMILES string of the molecule is CC(C)[C@H](NC(=O)c1cc2c(s1)CCSC2)C(=O)O. The number of aliphatic carboxylic acids is 1. The molecule has 0 fully saturated rings. The van der Waals surface area contributed by atoms with Gasteiger partial charge in [-0.2, -0.15) is 11.8 Å². The van der Waals surface area contributed by atoms with Crippen molar-refractivity contribution in [2.24, 2.45) is 5.92 Å². The summed E-state index contributed by atoms with van der Waals surface area (Å²) in [6, 6.07) is 1.07. The fourth-order valence-electron chi connectivity index (χ4n) is 1.99. The summed E-state index contributed by atoms with van der Waals surface area (Å²) in [6.07, 6.45) is 1.00. The quantitative estimate of drug-likeness (QED) is 0.896. The summed E-state index contributed by atoms with van der Waals surface area (Å²) in [5.74, 6) is 0.654. The van der Waals surface area contributed by atoms with Crippen LogP contribution in [0.2, 0.25) is 0 Å². The molecule has 0 radical (unpaired) electrons. The third-order valence-corrected chi connectivity index (χ3v) is 5.31. The highest BCUT2D eigenvalue weighted by Crippen LogP contribution is 2.31. The lowest BCUT2D eigenvalue weighted by Crippen LogP contribution is -2.44. The molecule has 19 heavy (non-hydrogen) atoms. The maximum absolute atomic E-state index is 12.1. The largest absolute Gasteiger partial charge is 0.480 e. The first-order chi connectivity index (χ1) is 8.99. The summed E-state index contributed by atoms with van der Waals surface area (Å²) in [6.45, 7) is 3.57. The molecule has 0 spiro atoms. The van der Waals surface area contributed by atoms with Gasteiger partial charge in [-0.1, -0.05) is 13.8 Å². The monoisotopic (exact) mass is 299 g/mol. The fourth-order valence-corrected chi connectivity index (χ4v) is 4.26. The zero-order valence-electron chi connectivity index (χ0n) is 10.9. The first-order valence-electron chi connectivity index (χ1n) is 6.22. The zero-order valence-corrected chi connectivity index (χ0v) is 12.6. The van der Waals surface area contributed by atoms with E-state index in [9.17, 15) is 9.59 Å². The standard InChI is InChI=1S/C13H17NO3S2/c1-7(2)11(13(16)17)14-12(15)10-5-8-6-18-4-3-9(8)19-10/h5,7,11H,3-4,6H2,1-2H3,(H,14,15)(H,16,17)/t11-/m0/s1. The van der Waals surface area contributed by atoms with Gasteiger partial charge in [0.05, 0.1) is 4.88 Å². The molecule has 1 amide bonds. The van der Waals surface area contributed by atoms with Gasteiger partial charge >= 0.3 is 5.97 Å². The Labute approximate surface area is 120 Å². The van der Waals surface area contributed by atoms with Crippen molar-refractivity contribution in [3.05, 3.63) is 21.4 Å². The molecule has 0 aliphatic carbocycles. The summed E-state index contributed by atoms with van der Waals surface area (Å²) in [4.78, 5) is 25.1. The Kier molecular flexibility index (Phi) is 4.52. The highest BCUT2D eigenvalue weighted by atomic mass is 32.2. The molecule has 1 aromatic rings. The van der Waals surface area contributed by atoms with Crippen LogP contribution in [-0.4, -0.2) is 28.8 Å². The van der Waals surface area contributed by atoms with Crippen LogP contribution in [0.1, 0.15) is 34.0 Å². The van der Waals surface area contributed by atoms with Crippen LogP contribution in [-0.2, 0) is 17.0 Å². The number of nitrogens with one attached hydrogen (secondary N) is 1. The molecule has 104 valence electrons. The molecule has 0 aromatic carbocycles. The second-order valence-corrected chi connectivity index (χ2v) is 7.14. The number of carboxylic acids is 1. The van der Waals surface area contributed by atoms with Crippen molar-refractivity contribution < 1.29 is 14.7 Å². The predicted molar refractivity (Wildman–Crippen MR) is 77.9 cm³/mol. The molecule has 6 heteroatoms. The molecular formula is C13H17NO3S2.